The number of hydrogen-bond donors (Lipinski definition) is 2. The number of carbonyl (C=O) groups is 1. The van der Waals surface area contributed by atoms with E-state index in [9.17, 15) is 23.1 Å². The summed E-state index contributed by atoms with van der Waals surface area (Å²) in [5.74, 6) is -0.143. The normalized spacial score (nSPS) is 21.0. The van der Waals surface area contributed by atoms with E-state index >= 15 is 0 Å². The zero-order valence-corrected chi connectivity index (χ0v) is 17.6. The van der Waals surface area contributed by atoms with Crippen molar-refractivity contribution in [1.82, 2.24) is 9.62 Å². The van der Waals surface area contributed by atoms with Crippen molar-refractivity contribution in [2.45, 2.75) is 50.5 Å². The zero-order valence-electron chi connectivity index (χ0n) is 16.8. The summed E-state index contributed by atoms with van der Waals surface area (Å²) in [5, 5.41) is 13.3. The third kappa shape index (κ3) is 4.99. The van der Waals surface area contributed by atoms with Gasteiger partial charge in [-0.2, -0.15) is 0 Å². The van der Waals surface area contributed by atoms with E-state index in [0.717, 1.165) is 0 Å². The minimum atomic E-state index is -3.22. The average molecular weight is 429 g/mol. The molecule has 2 aliphatic rings. The van der Waals surface area contributed by atoms with Gasteiger partial charge < -0.3 is 19.6 Å². The lowest BCUT2D eigenvalue weighted by atomic mass is 9.74. The van der Waals surface area contributed by atoms with Crippen molar-refractivity contribution in [3.05, 3.63) is 27.8 Å². The lowest BCUT2D eigenvalue weighted by Gasteiger charge is -2.37. The van der Waals surface area contributed by atoms with Crippen molar-refractivity contribution in [1.29, 1.82) is 0 Å². The van der Waals surface area contributed by atoms with Gasteiger partial charge in [0.1, 0.15) is 5.76 Å². The van der Waals surface area contributed by atoms with Crippen LogP contribution in [0, 0.1) is 6.92 Å². The summed E-state index contributed by atoms with van der Waals surface area (Å²) < 4.78 is 35.8. The smallest absolute Gasteiger partial charge is 0.227 e. The van der Waals surface area contributed by atoms with E-state index in [2.05, 4.69) is 5.32 Å². The Morgan fingerprint density at radius 2 is 1.93 bits per heavy atom. The molecule has 2 N–H and O–H groups in total. The highest BCUT2D eigenvalue weighted by Gasteiger charge is 2.42. The molecule has 3 heterocycles. The molecule has 0 radical (unpaired) electrons. The Kier molecular flexibility index (Phi) is 6.35. The van der Waals surface area contributed by atoms with Gasteiger partial charge in [-0.3, -0.25) is 9.59 Å². The fourth-order valence-corrected chi connectivity index (χ4v) is 5.00. The van der Waals surface area contributed by atoms with Crippen LogP contribution in [0.3, 0.4) is 0 Å². The van der Waals surface area contributed by atoms with Crippen LogP contribution in [0.15, 0.2) is 15.3 Å². The maximum absolute atomic E-state index is 12.8. The van der Waals surface area contributed by atoms with Crippen LogP contribution in [-0.2, 0) is 25.0 Å². The maximum atomic E-state index is 12.8. The van der Waals surface area contributed by atoms with Crippen molar-refractivity contribution in [3.63, 3.8) is 0 Å². The van der Waals surface area contributed by atoms with Gasteiger partial charge in [-0.15, -0.1) is 0 Å². The Morgan fingerprint density at radius 1 is 1.31 bits per heavy atom. The summed E-state index contributed by atoms with van der Waals surface area (Å²) in [7, 11) is -3.22. The molecule has 0 bridgehead atoms. The molecule has 3 rings (SSSR count). The molecular weight excluding hydrogens is 400 g/mol. The third-order valence-electron chi connectivity index (χ3n) is 5.76. The highest BCUT2D eigenvalue weighted by molar-refractivity contribution is 7.88. The van der Waals surface area contributed by atoms with Crippen LogP contribution in [0.2, 0.25) is 0 Å². The van der Waals surface area contributed by atoms with Crippen LogP contribution in [0.25, 0.3) is 0 Å². The van der Waals surface area contributed by atoms with Gasteiger partial charge in [-0.1, -0.05) is 0 Å². The molecule has 2 aliphatic heterocycles. The molecule has 2 fully saturated rings. The summed E-state index contributed by atoms with van der Waals surface area (Å²) in [6.45, 7) is 3.17. The fraction of sp³-hybridized carbons (Fsp3) is 0.684. The number of nitrogens with zero attached hydrogens (tertiary/aromatic N) is 1. The van der Waals surface area contributed by atoms with E-state index in [1.807, 2.05) is 0 Å². The Balaban J connectivity index is 1.73. The van der Waals surface area contributed by atoms with Gasteiger partial charge in [0, 0.05) is 50.2 Å². The summed E-state index contributed by atoms with van der Waals surface area (Å²) in [5.41, 5.74) is -1.34. The van der Waals surface area contributed by atoms with Crippen molar-refractivity contribution in [3.8, 4) is 5.75 Å². The zero-order chi connectivity index (χ0) is 21.2. The number of rotatable bonds is 5. The maximum Gasteiger partial charge on any atom is 0.227 e. The predicted molar refractivity (Wildman–Crippen MR) is 105 cm³/mol. The molecule has 29 heavy (non-hydrogen) atoms. The lowest BCUT2D eigenvalue weighted by molar-refractivity contribution is -0.124. The highest BCUT2D eigenvalue weighted by Crippen LogP contribution is 2.41. The molecule has 0 saturated carbocycles. The largest absolute Gasteiger partial charge is 0.502 e. The topological polar surface area (TPSA) is 126 Å². The first-order valence-electron chi connectivity index (χ1n) is 9.77. The first-order chi connectivity index (χ1) is 13.6. The van der Waals surface area contributed by atoms with Crippen molar-refractivity contribution >= 4 is 15.9 Å². The summed E-state index contributed by atoms with van der Waals surface area (Å²) in [4.78, 5) is 24.9. The Labute approximate surface area is 170 Å². The first kappa shape index (κ1) is 21.8. The van der Waals surface area contributed by atoms with Gasteiger partial charge in [0.2, 0.25) is 27.1 Å². The molecule has 0 atom stereocenters. The van der Waals surface area contributed by atoms with Crippen molar-refractivity contribution < 1.29 is 27.5 Å². The Bertz CT molecular complexity index is 911. The second kappa shape index (κ2) is 8.45. The Morgan fingerprint density at radius 3 is 2.52 bits per heavy atom. The molecule has 0 spiro atoms. The van der Waals surface area contributed by atoms with Crippen LogP contribution < -0.4 is 10.7 Å². The van der Waals surface area contributed by atoms with E-state index < -0.39 is 26.6 Å². The number of aromatic hydroxyl groups is 1. The summed E-state index contributed by atoms with van der Waals surface area (Å²) >= 11 is 0. The van der Waals surface area contributed by atoms with E-state index in [-0.39, 0.29) is 24.1 Å². The molecule has 9 nitrogen and oxygen atoms in total. The second-order valence-corrected chi connectivity index (χ2v) is 9.95. The molecule has 1 amide bonds. The summed E-state index contributed by atoms with van der Waals surface area (Å²) in [6.07, 6.45) is 3.23. The number of ether oxygens (including phenoxy) is 1. The number of nitrogens with one attached hydrogen (secondary N) is 1. The number of sulfonamides is 1. The molecule has 162 valence electrons. The molecule has 0 aliphatic carbocycles. The van der Waals surface area contributed by atoms with Crippen molar-refractivity contribution in [2.75, 3.05) is 32.6 Å². The summed E-state index contributed by atoms with van der Waals surface area (Å²) in [6, 6.07) is 1.11. The SMILES string of the molecule is Cc1cc(=O)c(O)c(C2(CC(=O)NC3CCN(S(C)(=O)=O)CC3)CCOCC2)o1. The minimum Gasteiger partial charge on any atom is -0.502 e. The van der Waals surface area contributed by atoms with Gasteiger partial charge in [-0.25, -0.2) is 12.7 Å². The highest BCUT2D eigenvalue weighted by atomic mass is 32.2. The molecule has 1 aromatic heterocycles. The number of amides is 1. The van der Waals surface area contributed by atoms with Gasteiger partial charge in [0.15, 0.2) is 5.76 Å². The Hall–Kier alpha value is -1.91. The average Bonchev–Trinajstić information content (AvgIpc) is 2.65. The van der Waals surface area contributed by atoms with Crippen LogP contribution in [0.1, 0.15) is 43.6 Å². The van der Waals surface area contributed by atoms with Gasteiger partial charge >= 0.3 is 0 Å². The van der Waals surface area contributed by atoms with Crippen LogP contribution in [0.4, 0.5) is 0 Å². The lowest BCUT2D eigenvalue weighted by Crippen LogP contribution is -2.48. The van der Waals surface area contributed by atoms with Crippen molar-refractivity contribution in [2.24, 2.45) is 0 Å². The molecule has 0 unspecified atom stereocenters. The van der Waals surface area contributed by atoms with E-state index in [1.54, 1.807) is 6.92 Å². The standard InChI is InChI=1S/C19H28N2O7S/c1-13-11-15(22)17(24)18(28-13)19(5-9-27-10-6-19)12-16(23)20-14-3-7-21(8-4-14)29(2,25)26/h11,14,24H,3-10,12H2,1-2H3,(H,20,23). The number of piperidine rings is 1. The molecule has 2 saturated heterocycles. The first-order valence-corrected chi connectivity index (χ1v) is 11.6. The van der Waals surface area contributed by atoms with Gasteiger partial charge in [-0.05, 0) is 32.6 Å². The van der Waals surface area contributed by atoms with Crippen LogP contribution in [-0.4, -0.2) is 62.3 Å². The third-order valence-corrected chi connectivity index (χ3v) is 7.07. The van der Waals surface area contributed by atoms with Crippen LogP contribution >= 0.6 is 0 Å². The number of hydrogen-bond acceptors (Lipinski definition) is 7. The molecule has 10 heteroatoms. The number of aryl methyl sites for hydroxylation is 1. The molecule has 0 aromatic carbocycles. The monoisotopic (exact) mass is 428 g/mol. The molecular formula is C19H28N2O7S. The second-order valence-electron chi connectivity index (χ2n) is 7.97. The number of carbonyl (C=O) groups excluding carboxylic acids is 1. The van der Waals surface area contributed by atoms with E-state index in [1.165, 1.54) is 16.6 Å². The van der Waals surface area contributed by atoms with E-state index in [4.69, 9.17) is 9.15 Å². The molecule has 1 aromatic rings. The fourth-order valence-electron chi connectivity index (χ4n) is 4.13. The minimum absolute atomic E-state index is 0.0581. The van der Waals surface area contributed by atoms with Gasteiger partial charge in [0.25, 0.3) is 0 Å². The predicted octanol–water partition coefficient (Wildman–Crippen LogP) is 0.632. The van der Waals surface area contributed by atoms with Gasteiger partial charge in [0.05, 0.1) is 6.26 Å². The van der Waals surface area contributed by atoms with E-state index in [0.29, 0.717) is 57.7 Å². The quantitative estimate of drug-likeness (QED) is 0.704. The van der Waals surface area contributed by atoms with Crippen LogP contribution in [0.5, 0.6) is 5.75 Å².